The first kappa shape index (κ1) is 11.4. The highest BCUT2D eigenvalue weighted by Gasteiger charge is 2.15. The molecule has 0 saturated carbocycles. The fourth-order valence-electron chi connectivity index (χ4n) is 1.12. The highest BCUT2D eigenvalue weighted by molar-refractivity contribution is 5.81. The van der Waals surface area contributed by atoms with Gasteiger partial charge in [-0.1, -0.05) is 13.8 Å². The molecule has 0 aromatic rings. The van der Waals surface area contributed by atoms with E-state index < -0.39 is 0 Å². The van der Waals surface area contributed by atoms with Gasteiger partial charge in [-0.25, -0.2) is 0 Å². The number of rotatable bonds is 5. The van der Waals surface area contributed by atoms with Crippen molar-refractivity contribution in [2.24, 2.45) is 5.92 Å². The van der Waals surface area contributed by atoms with Crippen LogP contribution in [0, 0.1) is 5.92 Å². The zero-order valence-corrected chi connectivity index (χ0v) is 8.48. The van der Waals surface area contributed by atoms with Crippen molar-refractivity contribution in [3.8, 4) is 0 Å². The Morgan fingerprint density at radius 1 is 1.42 bits per heavy atom. The van der Waals surface area contributed by atoms with E-state index >= 15 is 0 Å². The second-order valence-corrected chi connectivity index (χ2v) is 3.37. The van der Waals surface area contributed by atoms with E-state index in [2.05, 4.69) is 24.5 Å². The monoisotopic (exact) mass is 172 g/mol. The van der Waals surface area contributed by atoms with Crippen LogP contribution in [0.25, 0.3) is 0 Å². The first-order chi connectivity index (χ1) is 5.61. The number of likely N-dealkylation sites (N-methyl/N-ethyl adjacent to an activating group) is 2. The van der Waals surface area contributed by atoms with Crippen LogP contribution in [0.3, 0.4) is 0 Å². The molecule has 0 fully saturated rings. The molecule has 0 saturated heterocycles. The topological polar surface area (TPSA) is 41.1 Å². The second-order valence-electron chi connectivity index (χ2n) is 3.37. The average molecular weight is 172 g/mol. The van der Waals surface area contributed by atoms with Crippen molar-refractivity contribution in [1.29, 1.82) is 0 Å². The summed E-state index contributed by atoms with van der Waals surface area (Å²) in [6.45, 7) is 6.86. The van der Waals surface area contributed by atoms with Crippen molar-refractivity contribution < 1.29 is 4.79 Å². The third kappa shape index (κ3) is 4.34. The Hall–Kier alpha value is -0.570. The summed E-state index contributed by atoms with van der Waals surface area (Å²) in [5.74, 6) is 0.652. The average Bonchev–Trinajstić information content (AvgIpc) is 2.00. The van der Waals surface area contributed by atoms with Crippen LogP contribution >= 0.6 is 0 Å². The molecule has 0 radical (unpaired) electrons. The summed E-state index contributed by atoms with van der Waals surface area (Å²) in [6.07, 6.45) is 0.891. The second kappa shape index (κ2) is 6.00. The Balaban J connectivity index is 3.87. The summed E-state index contributed by atoms with van der Waals surface area (Å²) >= 11 is 0. The Bertz CT molecular complexity index is 134. The predicted molar refractivity (Wildman–Crippen MR) is 51.0 cm³/mol. The molecular weight excluding hydrogens is 152 g/mol. The quantitative estimate of drug-likeness (QED) is 0.642. The number of carbonyl (C=O) groups is 1. The molecule has 3 nitrogen and oxygen atoms in total. The van der Waals surface area contributed by atoms with E-state index in [1.807, 2.05) is 14.0 Å². The molecule has 0 unspecified atom stereocenters. The van der Waals surface area contributed by atoms with Crippen LogP contribution in [-0.2, 0) is 4.79 Å². The zero-order valence-electron chi connectivity index (χ0n) is 8.48. The lowest BCUT2D eigenvalue weighted by molar-refractivity contribution is -0.123. The summed E-state index contributed by atoms with van der Waals surface area (Å²) < 4.78 is 0. The van der Waals surface area contributed by atoms with Gasteiger partial charge in [0, 0.05) is 6.54 Å². The summed E-state index contributed by atoms with van der Waals surface area (Å²) in [7, 11) is 1.82. The van der Waals surface area contributed by atoms with Gasteiger partial charge in [-0.3, -0.25) is 4.79 Å². The maximum Gasteiger partial charge on any atom is 0.237 e. The van der Waals surface area contributed by atoms with Gasteiger partial charge >= 0.3 is 0 Å². The van der Waals surface area contributed by atoms with Gasteiger partial charge in [0.15, 0.2) is 0 Å². The first-order valence-electron chi connectivity index (χ1n) is 4.56. The minimum absolute atomic E-state index is 0.0371. The maximum atomic E-state index is 11.3. The Morgan fingerprint density at radius 3 is 2.33 bits per heavy atom. The number of hydrogen-bond donors (Lipinski definition) is 2. The molecule has 0 rings (SSSR count). The van der Waals surface area contributed by atoms with Gasteiger partial charge < -0.3 is 10.6 Å². The largest absolute Gasteiger partial charge is 0.355 e. The van der Waals surface area contributed by atoms with Gasteiger partial charge in [0.05, 0.1) is 6.04 Å². The number of hydrogen-bond acceptors (Lipinski definition) is 2. The molecule has 72 valence electrons. The number of carbonyl (C=O) groups excluding carboxylic acids is 1. The molecule has 2 N–H and O–H groups in total. The SMILES string of the molecule is CCNC(=O)[C@H](CC(C)C)NC. The fraction of sp³-hybridized carbons (Fsp3) is 0.889. The molecule has 0 bridgehead atoms. The molecule has 0 aromatic carbocycles. The van der Waals surface area contributed by atoms with Crippen molar-refractivity contribution in [1.82, 2.24) is 10.6 Å². The van der Waals surface area contributed by atoms with Crippen molar-refractivity contribution in [2.45, 2.75) is 33.2 Å². The van der Waals surface area contributed by atoms with Crippen molar-refractivity contribution in [2.75, 3.05) is 13.6 Å². The molecule has 1 amide bonds. The van der Waals surface area contributed by atoms with Crippen LogP contribution in [0.5, 0.6) is 0 Å². The van der Waals surface area contributed by atoms with E-state index in [-0.39, 0.29) is 11.9 Å². The standard InChI is InChI=1S/C9H20N2O/c1-5-11-9(12)8(10-4)6-7(2)3/h7-8,10H,5-6H2,1-4H3,(H,11,12)/t8-/m0/s1. The lowest BCUT2D eigenvalue weighted by Gasteiger charge is -2.16. The van der Waals surface area contributed by atoms with E-state index in [9.17, 15) is 4.79 Å². The summed E-state index contributed by atoms with van der Waals surface area (Å²) in [5, 5.41) is 5.81. The molecule has 0 aliphatic rings. The lowest BCUT2D eigenvalue weighted by Crippen LogP contribution is -2.43. The number of nitrogens with one attached hydrogen (secondary N) is 2. The van der Waals surface area contributed by atoms with Crippen LogP contribution in [0.4, 0.5) is 0 Å². The Kier molecular flexibility index (Phi) is 5.72. The van der Waals surface area contributed by atoms with Crippen LogP contribution in [-0.4, -0.2) is 25.5 Å². The van der Waals surface area contributed by atoms with E-state index in [1.54, 1.807) is 0 Å². The van der Waals surface area contributed by atoms with Crippen molar-refractivity contribution in [3.05, 3.63) is 0 Å². The molecule has 1 atom stereocenters. The number of amides is 1. The lowest BCUT2D eigenvalue weighted by atomic mass is 10.0. The summed E-state index contributed by atoms with van der Waals surface area (Å²) in [4.78, 5) is 11.3. The van der Waals surface area contributed by atoms with Gasteiger partial charge in [-0.15, -0.1) is 0 Å². The van der Waals surface area contributed by atoms with Crippen molar-refractivity contribution >= 4 is 5.91 Å². The van der Waals surface area contributed by atoms with Crippen LogP contribution in [0.2, 0.25) is 0 Å². The zero-order chi connectivity index (χ0) is 9.56. The van der Waals surface area contributed by atoms with Crippen molar-refractivity contribution in [3.63, 3.8) is 0 Å². The van der Waals surface area contributed by atoms with E-state index in [0.717, 1.165) is 6.42 Å². The Labute approximate surface area is 74.9 Å². The maximum absolute atomic E-state index is 11.3. The first-order valence-corrected chi connectivity index (χ1v) is 4.56. The van der Waals surface area contributed by atoms with E-state index in [4.69, 9.17) is 0 Å². The Morgan fingerprint density at radius 2 is 2.00 bits per heavy atom. The molecule has 12 heavy (non-hydrogen) atoms. The van der Waals surface area contributed by atoms with Gasteiger partial charge in [0.25, 0.3) is 0 Å². The normalized spacial score (nSPS) is 13.1. The highest BCUT2D eigenvalue weighted by atomic mass is 16.2. The van der Waals surface area contributed by atoms with Crippen LogP contribution in [0.15, 0.2) is 0 Å². The summed E-state index contributed by atoms with van der Waals surface area (Å²) in [5.41, 5.74) is 0. The van der Waals surface area contributed by atoms with Crippen LogP contribution in [0.1, 0.15) is 27.2 Å². The van der Waals surface area contributed by atoms with E-state index in [1.165, 1.54) is 0 Å². The van der Waals surface area contributed by atoms with Gasteiger partial charge in [0.2, 0.25) is 5.91 Å². The highest BCUT2D eigenvalue weighted by Crippen LogP contribution is 2.03. The molecular formula is C9H20N2O. The summed E-state index contributed by atoms with van der Waals surface area (Å²) in [6, 6.07) is -0.0371. The minimum Gasteiger partial charge on any atom is -0.355 e. The smallest absolute Gasteiger partial charge is 0.237 e. The third-order valence-electron chi connectivity index (χ3n) is 1.72. The molecule has 0 heterocycles. The van der Waals surface area contributed by atoms with Gasteiger partial charge in [-0.05, 0) is 26.3 Å². The molecule has 0 aliphatic carbocycles. The third-order valence-corrected chi connectivity index (χ3v) is 1.72. The molecule has 0 aromatic heterocycles. The van der Waals surface area contributed by atoms with Crippen LogP contribution < -0.4 is 10.6 Å². The molecule has 0 spiro atoms. The molecule has 0 aliphatic heterocycles. The fourth-order valence-corrected chi connectivity index (χ4v) is 1.12. The van der Waals surface area contributed by atoms with Gasteiger partial charge in [-0.2, -0.15) is 0 Å². The van der Waals surface area contributed by atoms with E-state index in [0.29, 0.717) is 12.5 Å². The minimum atomic E-state index is -0.0371. The molecule has 3 heteroatoms. The predicted octanol–water partition coefficient (Wildman–Crippen LogP) is 0.757. The van der Waals surface area contributed by atoms with Gasteiger partial charge in [0.1, 0.15) is 0 Å².